The van der Waals surface area contributed by atoms with E-state index in [0.29, 0.717) is 34.6 Å². The van der Waals surface area contributed by atoms with Crippen LogP contribution in [0, 0.1) is 0 Å². The van der Waals surface area contributed by atoms with E-state index >= 15 is 0 Å². The van der Waals surface area contributed by atoms with Crippen LogP contribution in [0.1, 0.15) is 22.8 Å². The zero-order valence-electron chi connectivity index (χ0n) is 19.1. The number of esters is 1. The van der Waals surface area contributed by atoms with Crippen molar-refractivity contribution in [2.24, 2.45) is 0 Å². The van der Waals surface area contributed by atoms with E-state index < -0.39 is 5.97 Å². The van der Waals surface area contributed by atoms with E-state index in [-0.39, 0.29) is 0 Å². The fourth-order valence-electron chi connectivity index (χ4n) is 3.67. The van der Waals surface area contributed by atoms with Gasteiger partial charge in [-0.25, -0.2) is 9.78 Å². The molecule has 1 saturated heterocycles. The number of benzene rings is 2. The summed E-state index contributed by atoms with van der Waals surface area (Å²) in [6.45, 7) is 6.62. The molecule has 34 heavy (non-hydrogen) atoms. The second-order valence-corrected chi connectivity index (χ2v) is 8.22. The van der Waals surface area contributed by atoms with Gasteiger partial charge in [-0.05, 0) is 43.2 Å². The van der Waals surface area contributed by atoms with Gasteiger partial charge in [-0.2, -0.15) is 4.98 Å². The smallest absolute Gasteiger partial charge is 0.340 e. The largest absolute Gasteiger partial charge is 0.462 e. The van der Waals surface area contributed by atoms with Crippen molar-refractivity contribution in [1.29, 1.82) is 0 Å². The van der Waals surface area contributed by atoms with Crippen LogP contribution < -0.4 is 10.6 Å². The predicted octanol–water partition coefficient (Wildman–Crippen LogP) is 4.67. The van der Waals surface area contributed by atoms with E-state index in [0.717, 1.165) is 45.0 Å². The molecular formula is C25H28ClN5O3. The van der Waals surface area contributed by atoms with E-state index in [1.54, 1.807) is 25.1 Å². The molecule has 0 spiro atoms. The van der Waals surface area contributed by atoms with E-state index in [1.165, 1.54) is 11.8 Å². The molecule has 1 aliphatic heterocycles. The van der Waals surface area contributed by atoms with Crippen LogP contribution >= 0.6 is 11.6 Å². The highest BCUT2D eigenvalue weighted by Crippen LogP contribution is 2.27. The standard InChI is InChI=1S/C25H28ClN5O3/c1-2-34-24(32)20-8-3-4-9-22(20)29-23-21(26)17-27-25(30-23)28-19-7-5-6-18(16-19)10-11-31-12-14-33-15-13-31/h3-9,16-17H,2,10-15H2,1H3,(H2,27,28,29,30). The number of hydrogen-bond acceptors (Lipinski definition) is 8. The first-order chi connectivity index (χ1) is 16.6. The first-order valence-electron chi connectivity index (χ1n) is 11.3. The molecule has 1 aliphatic rings. The third-order valence-electron chi connectivity index (χ3n) is 5.42. The third kappa shape index (κ3) is 6.44. The van der Waals surface area contributed by atoms with Gasteiger partial charge in [0.05, 0.1) is 37.3 Å². The molecule has 2 N–H and O–H groups in total. The highest BCUT2D eigenvalue weighted by atomic mass is 35.5. The number of aromatic nitrogens is 2. The number of hydrogen-bond donors (Lipinski definition) is 2. The van der Waals surface area contributed by atoms with Crippen molar-refractivity contribution in [3.8, 4) is 0 Å². The first kappa shape index (κ1) is 23.9. The van der Waals surface area contributed by atoms with Crippen molar-refractivity contribution < 1.29 is 14.3 Å². The number of carbonyl (C=O) groups is 1. The van der Waals surface area contributed by atoms with Gasteiger partial charge in [-0.1, -0.05) is 35.9 Å². The Morgan fingerprint density at radius 3 is 2.79 bits per heavy atom. The molecule has 0 saturated carbocycles. The molecule has 0 aliphatic carbocycles. The molecular weight excluding hydrogens is 454 g/mol. The van der Waals surface area contributed by atoms with E-state index in [4.69, 9.17) is 21.1 Å². The summed E-state index contributed by atoms with van der Waals surface area (Å²) in [7, 11) is 0. The molecule has 0 radical (unpaired) electrons. The van der Waals surface area contributed by atoms with Crippen LogP contribution in [0.2, 0.25) is 5.02 Å². The summed E-state index contributed by atoms with van der Waals surface area (Å²) < 4.78 is 10.6. The molecule has 0 atom stereocenters. The Morgan fingerprint density at radius 1 is 1.15 bits per heavy atom. The zero-order valence-corrected chi connectivity index (χ0v) is 19.8. The number of ether oxygens (including phenoxy) is 2. The van der Waals surface area contributed by atoms with Crippen LogP contribution in [0.15, 0.2) is 54.7 Å². The lowest BCUT2D eigenvalue weighted by Crippen LogP contribution is -2.37. The molecule has 0 unspecified atom stereocenters. The van der Waals surface area contributed by atoms with Crippen molar-refractivity contribution in [2.75, 3.05) is 50.1 Å². The van der Waals surface area contributed by atoms with Gasteiger partial charge in [0.15, 0.2) is 5.82 Å². The lowest BCUT2D eigenvalue weighted by atomic mass is 10.1. The van der Waals surface area contributed by atoms with Crippen molar-refractivity contribution >= 4 is 40.7 Å². The van der Waals surface area contributed by atoms with Gasteiger partial charge in [-0.15, -0.1) is 0 Å². The van der Waals surface area contributed by atoms with Gasteiger partial charge in [0.1, 0.15) is 5.02 Å². The number of carbonyl (C=O) groups excluding carboxylic acids is 1. The van der Waals surface area contributed by atoms with Crippen molar-refractivity contribution in [3.63, 3.8) is 0 Å². The predicted molar refractivity (Wildman–Crippen MR) is 133 cm³/mol. The van der Waals surface area contributed by atoms with Crippen LogP contribution in [-0.4, -0.2) is 60.3 Å². The maximum absolute atomic E-state index is 12.3. The van der Waals surface area contributed by atoms with Gasteiger partial charge in [-0.3, -0.25) is 4.90 Å². The highest BCUT2D eigenvalue weighted by molar-refractivity contribution is 6.33. The molecule has 9 heteroatoms. The molecule has 1 fully saturated rings. The summed E-state index contributed by atoms with van der Waals surface area (Å²) >= 11 is 6.34. The van der Waals surface area contributed by atoms with E-state index in [1.807, 2.05) is 18.2 Å². The van der Waals surface area contributed by atoms with Crippen molar-refractivity contribution in [3.05, 3.63) is 70.9 Å². The van der Waals surface area contributed by atoms with Crippen LogP contribution in [0.25, 0.3) is 0 Å². The van der Waals surface area contributed by atoms with E-state index in [9.17, 15) is 4.79 Å². The average molecular weight is 482 g/mol. The number of nitrogens with one attached hydrogen (secondary N) is 2. The number of morpholine rings is 1. The van der Waals surface area contributed by atoms with Gasteiger partial charge >= 0.3 is 5.97 Å². The molecule has 1 aromatic heterocycles. The maximum Gasteiger partial charge on any atom is 0.340 e. The second kappa shape index (κ2) is 11.8. The Balaban J connectivity index is 1.45. The molecule has 178 valence electrons. The Kier molecular flexibility index (Phi) is 8.30. The molecule has 0 amide bonds. The normalized spacial score (nSPS) is 13.9. The Morgan fingerprint density at radius 2 is 1.97 bits per heavy atom. The second-order valence-electron chi connectivity index (χ2n) is 7.81. The highest BCUT2D eigenvalue weighted by Gasteiger charge is 2.15. The van der Waals surface area contributed by atoms with Gasteiger partial charge in [0.25, 0.3) is 0 Å². The quantitative estimate of drug-likeness (QED) is 0.426. The number of nitrogens with zero attached hydrogens (tertiary/aromatic N) is 3. The third-order valence-corrected chi connectivity index (χ3v) is 5.70. The Hall–Kier alpha value is -3.20. The maximum atomic E-state index is 12.3. The van der Waals surface area contributed by atoms with Crippen molar-refractivity contribution in [1.82, 2.24) is 14.9 Å². The van der Waals surface area contributed by atoms with Gasteiger partial charge in [0.2, 0.25) is 5.95 Å². The minimum Gasteiger partial charge on any atom is -0.462 e. The summed E-state index contributed by atoms with van der Waals surface area (Å²) in [6, 6.07) is 15.3. The van der Waals surface area contributed by atoms with Crippen LogP contribution in [0.3, 0.4) is 0 Å². The SMILES string of the molecule is CCOC(=O)c1ccccc1Nc1nc(Nc2cccc(CCN3CCOCC3)c2)ncc1Cl. The summed E-state index contributed by atoms with van der Waals surface area (Å²) in [5.74, 6) is 0.369. The summed E-state index contributed by atoms with van der Waals surface area (Å²) in [4.78, 5) is 23.5. The Bertz CT molecular complexity index is 1120. The monoisotopic (exact) mass is 481 g/mol. The summed E-state index contributed by atoms with van der Waals surface area (Å²) in [5.41, 5.74) is 3.07. The molecule has 0 bridgehead atoms. The summed E-state index contributed by atoms with van der Waals surface area (Å²) in [6.07, 6.45) is 2.48. The topological polar surface area (TPSA) is 88.6 Å². The van der Waals surface area contributed by atoms with Gasteiger partial charge < -0.3 is 20.1 Å². The molecule has 2 aromatic carbocycles. The zero-order chi connectivity index (χ0) is 23.8. The minimum atomic E-state index is -0.414. The summed E-state index contributed by atoms with van der Waals surface area (Å²) in [5, 5.41) is 6.72. The number of rotatable bonds is 9. The number of anilines is 4. The van der Waals surface area contributed by atoms with Crippen molar-refractivity contribution in [2.45, 2.75) is 13.3 Å². The fourth-order valence-corrected chi connectivity index (χ4v) is 3.81. The molecule has 2 heterocycles. The Labute approximate surface area is 204 Å². The molecule has 4 rings (SSSR count). The van der Waals surface area contributed by atoms with Crippen LogP contribution in [-0.2, 0) is 15.9 Å². The fraction of sp³-hybridized carbons (Fsp3) is 0.320. The molecule has 8 nitrogen and oxygen atoms in total. The van der Waals surface area contributed by atoms with Crippen LogP contribution in [0.5, 0.6) is 0 Å². The number of halogens is 1. The first-order valence-corrected chi connectivity index (χ1v) is 11.7. The van der Waals surface area contributed by atoms with Gasteiger partial charge in [0, 0.05) is 25.3 Å². The number of para-hydroxylation sites is 1. The minimum absolute atomic E-state index is 0.293. The molecule has 3 aromatic rings. The lowest BCUT2D eigenvalue weighted by Gasteiger charge is -2.26. The lowest BCUT2D eigenvalue weighted by molar-refractivity contribution is 0.0384. The average Bonchev–Trinajstić information content (AvgIpc) is 2.86. The van der Waals surface area contributed by atoms with Crippen LogP contribution in [0.4, 0.5) is 23.1 Å². The van der Waals surface area contributed by atoms with E-state index in [2.05, 4.69) is 37.6 Å².